The third-order valence-electron chi connectivity index (χ3n) is 10.9. The highest BCUT2D eigenvalue weighted by Gasteiger charge is 2.17. The van der Waals surface area contributed by atoms with E-state index in [-0.39, 0.29) is 25.2 Å². The third kappa shape index (κ3) is 49.7. The van der Waals surface area contributed by atoms with Crippen LogP contribution in [0.2, 0.25) is 0 Å². The zero-order valence-corrected chi connectivity index (χ0v) is 40.9. The van der Waals surface area contributed by atoms with Crippen LogP contribution >= 0.6 is 0 Å². The van der Waals surface area contributed by atoms with Gasteiger partial charge in [-0.1, -0.05) is 234 Å². The van der Waals surface area contributed by atoms with Gasteiger partial charge >= 0.3 is 11.9 Å². The first-order valence-electron chi connectivity index (χ1n) is 26.1. The zero-order valence-electron chi connectivity index (χ0n) is 40.9. The summed E-state index contributed by atoms with van der Waals surface area (Å²) >= 11 is 0. The number of esters is 2. The molecule has 0 aromatic heterocycles. The number of unbranched alkanes of at least 4 members (excludes halogenated alkanes) is 22. The fourth-order valence-electron chi connectivity index (χ4n) is 7.13. The Morgan fingerprint density at radius 3 is 1.23 bits per heavy atom. The summed E-state index contributed by atoms with van der Waals surface area (Å²) in [6, 6.07) is 0. The van der Waals surface area contributed by atoms with Crippen molar-refractivity contribution < 1.29 is 23.8 Å². The number of hydrogen-bond acceptors (Lipinski definition) is 5. The lowest BCUT2D eigenvalue weighted by molar-refractivity contribution is -0.162. The summed E-state index contributed by atoms with van der Waals surface area (Å²) in [5.74, 6) is -0.500. The van der Waals surface area contributed by atoms with Crippen LogP contribution in [0.1, 0.15) is 239 Å². The van der Waals surface area contributed by atoms with E-state index in [4.69, 9.17) is 14.2 Å². The first-order valence-corrected chi connectivity index (χ1v) is 26.1. The number of carbonyl (C=O) groups excluding carboxylic acids is 2. The normalized spacial score (nSPS) is 12.9. The van der Waals surface area contributed by atoms with Gasteiger partial charge in [0.25, 0.3) is 0 Å². The predicted octanol–water partition coefficient (Wildman–Crippen LogP) is 17.7. The van der Waals surface area contributed by atoms with Crippen LogP contribution < -0.4 is 0 Å². The SMILES string of the molecule is CC/C=C\C/C=C\C/C=C\C/C=C\CCC(=O)OC(COCCCCCC/C=C\C/C=C\C/C=C\CC)COC(=O)CCCCCCCCCCCCCCCCCCCCC. The molecule has 0 fully saturated rings. The maximum atomic E-state index is 12.7. The van der Waals surface area contributed by atoms with E-state index in [1.807, 2.05) is 6.08 Å². The van der Waals surface area contributed by atoms with Crippen molar-refractivity contribution >= 4 is 11.9 Å². The van der Waals surface area contributed by atoms with Crippen LogP contribution in [0, 0.1) is 0 Å². The second-order valence-corrected chi connectivity index (χ2v) is 17.0. The molecule has 0 amide bonds. The summed E-state index contributed by atoms with van der Waals surface area (Å²) in [4.78, 5) is 25.4. The van der Waals surface area contributed by atoms with Crippen molar-refractivity contribution in [3.05, 3.63) is 85.1 Å². The van der Waals surface area contributed by atoms with Gasteiger partial charge in [-0.15, -0.1) is 0 Å². The maximum Gasteiger partial charge on any atom is 0.306 e. The van der Waals surface area contributed by atoms with Gasteiger partial charge < -0.3 is 14.2 Å². The molecule has 1 atom stereocenters. The average Bonchev–Trinajstić information content (AvgIpc) is 3.27. The van der Waals surface area contributed by atoms with Crippen molar-refractivity contribution in [2.45, 2.75) is 245 Å². The van der Waals surface area contributed by atoms with E-state index < -0.39 is 6.10 Å². The minimum absolute atomic E-state index is 0.0463. The number of rotatable bonds is 47. The van der Waals surface area contributed by atoms with Crippen molar-refractivity contribution in [2.24, 2.45) is 0 Å². The fraction of sp³-hybridized carbons (Fsp3) is 0.719. The highest BCUT2D eigenvalue weighted by Crippen LogP contribution is 2.15. The van der Waals surface area contributed by atoms with Gasteiger partial charge in [0.2, 0.25) is 0 Å². The quantitative estimate of drug-likeness (QED) is 0.0346. The molecule has 0 aliphatic heterocycles. The van der Waals surface area contributed by atoms with Crippen LogP contribution in [0.4, 0.5) is 0 Å². The van der Waals surface area contributed by atoms with Gasteiger partial charge in [0, 0.05) is 19.4 Å². The third-order valence-corrected chi connectivity index (χ3v) is 10.9. The standard InChI is InChI=1S/C57H98O5/c1-4-7-10-13-16-19-22-25-27-28-29-30-31-33-35-38-41-44-47-50-56(58)61-54-55(53-60-52-49-46-43-40-37-34-26-23-20-17-14-11-8-5-2)62-57(59)51-48-45-42-39-36-32-24-21-18-15-12-9-6-3/h8-9,11-12,17-18,20-21,26,32,34,36,42,45,55H,4-7,10,13-16,19,22-25,27-31,33,35,37-41,43-44,46-54H2,1-3H3/b11-8-,12-9-,20-17-,21-18-,34-26-,36-32-,45-42-. The Bertz CT molecular complexity index is 1160. The van der Waals surface area contributed by atoms with Crippen molar-refractivity contribution in [2.75, 3.05) is 19.8 Å². The van der Waals surface area contributed by atoms with Gasteiger partial charge in [0.15, 0.2) is 6.10 Å². The summed E-state index contributed by atoms with van der Waals surface area (Å²) in [6.07, 6.45) is 69.0. The van der Waals surface area contributed by atoms with Crippen LogP contribution in [0.3, 0.4) is 0 Å². The highest BCUT2D eigenvalue weighted by atomic mass is 16.6. The molecule has 0 heterocycles. The van der Waals surface area contributed by atoms with E-state index in [2.05, 4.69) is 99.8 Å². The van der Waals surface area contributed by atoms with Gasteiger partial charge in [-0.05, 0) is 77.0 Å². The Labute approximate surface area is 384 Å². The molecule has 5 heteroatoms. The molecule has 0 aromatic carbocycles. The molecule has 0 bridgehead atoms. The fourth-order valence-corrected chi connectivity index (χ4v) is 7.13. The van der Waals surface area contributed by atoms with Crippen molar-refractivity contribution in [1.29, 1.82) is 0 Å². The lowest BCUT2D eigenvalue weighted by Gasteiger charge is -2.18. The summed E-state index contributed by atoms with van der Waals surface area (Å²) in [7, 11) is 0. The number of allylic oxidation sites excluding steroid dienone is 14. The summed E-state index contributed by atoms with van der Waals surface area (Å²) in [5, 5.41) is 0. The van der Waals surface area contributed by atoms with Gasteiger partial charge in [-0.25, -0.2) is 0 Å². The monoisotopic (exact) mass is 863 g/mol. The van der Waals surface area contributed by atoms with Crippen LogP contribution in [-0.2, 0) is 23.8 Å². The number of carbonyl (C=O) groups is 2. The summed E-state index contributed by atoms with van der Waals surface area (Å²) < 4.78 is 17.3. The van der Waals surface area contributed by atoms with Crippen LogP contribution in [0.15, 0.2) is 85.1 Å². The molecule has 0 N–H and O–H groups in total. The molecule has 1 unspecified atom stereocenters. The molecule has 0 saturated heterocycles. The Balaban J connectivity index is 4.31. The minimum atomic E-state index is -0.587. The van der Waals surface area contributed by atoms with Crippen molar-refractivity contribution in [3.63, 3.8) is 0 Å². The number of hydrogen-bond donors (Lipinski definition) is 0. The molecule has 5 nitrogen and oxygen atoms in total. The van der Waals surface area contributed by atoms with E-state index in [0.717, 1.165) is 83.5 Å². The Hall–Kier alpha value is -2.92. The maximum absolute atomic E-state index is 12.7. The van der Waals surface area contributed by atoms with Gasteiger partial charge in [-0.2, -0.15) is 0 Å². The molecular formula is C57H98O5. The molecule has 0 rings (SSSR count). The van der Waals surface area contributed by atoms with Crippen molar-refractivity contribution in [3.8, 4) is 0 Å². The largest absolute Gasteiger partial charge is 0.462 e. The average molecular weight is 863 g/mol. The topological polar surface area (TPSA) is 61.8 Å². The second-order valence-electron chi connectivity index (χ2n) is 17.0. The van der Waals surface area contributed by atoms with Crippen LogP contribution in [0.5, 0.6) is 0 Å². The molecule has 0 aliphatic carbocycles. The molecule has 0 aliphatic rings. The molecule has 62 heavy (non-hydrogen) atoms. The Morgan fingerprint density at radius 2 is 0.758 bits per heavy atom. The molecule has 0 spiro atoms. The van der Waals surface area contributed by atoms with E-state index in [1.165, 1.54) is 116 Å². The molecule has 0 radical (unpaired) electrons. The summed E-state index contributed by atoms with van der Waals surface area (Å²) in [5.41, 5.74) is 0. The van der Waals surface area contributed by atoms with E-state index in [9.17, 15) is 9.59 Å². The van der Waals surface area contributed by atoms with Gasteiger partial charge in [0.1, 0.15) is 6.61 Å². The Kier molecular flexibility index (Phi) is 50.0. The second kappa shape index (κ2) is 52.4. The molecule has 0 saturated carbocycles. The first kappa shape index (κ1) is 59.1. The van der Waals surface area contributed by atoms with Crippen LogP contribution in [-0.4, -0.2) is 37.9 Å². The first-order chi connectivity index (χ1) is 30.6. The Morgan fingerprint density at radius 1 is 0.371 bits per heavy atom. The number of ether oxygens (including phenoxy) is 3. The highest BCUT2D eigenvalue weighted by molar-refractivity contribution is 5.70. The molecule has 356 valence electrons. The van der Waals surface area contributed by atoms with Gasteiger partial charge in [0.05, 0.1) is 6.61 Å². The van der Waals surface area contributed by atoms with Crippen molar-refractivity contribution in [1.82, 2.24) is 0 Å². The zero-order chi connectivity index (χ0) is 44.9. The van der Waals surface area contributed by atoms with E-state index >= 15 is 0 Å². The van der Waals surface area contributed by atoms with E-state index in [0.29, 0.717) is 25.9 Å². The van der Waals surface area contributed by atoms with Gasteiger partial charge in [-0.3, -0.25) is 9.59 Å². The lowest BCUT2D eigenvalue weighted by Crippen LogP contribution is -2.30. The predicted molar refractivity (Wildman–Crippen MR) is 270 cm³/mol. The minimum Gasteiger partial charge on any atom is -0.462 e. The molecule has 0 aromatic rings. The molecular weight excluding hydrogens is 765 g/mol. The summed E-state index contributed by atoms with van der Waals surface area (Å²) in [6.45, 7) is 7.49. The van der Waals surface area contributed by atoms with E-state index in [1.54, 1.807) is 0 Å². The van der Waals surface area contributed by atoms with Crippen LogP contribution in [0.25, 0.3) is 0 Å². The smallest absolute Gasteiger partial charge is 0.306 e. The lowest BCUT2D eigenvalue weighted by atomic mass is 10.0.